The lowest BCUT2D eigenvalue weighted by Crippen LogP contribution is -2.43. The number of rotatable bonds is 6. The Balaban J connectivity index is 2.19. The molecule has 1 aromatic rings. The maximum Gasteiger partial charge on any atom is 0.123 e. The molecule has 1 N–H and O–H groups in total. The van der Waals surface area contributed by atoms with Gasteiger partial charge < -0.3 is 14.5 Å². The maximum atomic E-state index is 5.86. The van der Waals surface area contributed by atoms with Crippen LogP contribution >= 0.6 is 0 Å². The predicted molar refractivity (Wildman–Crippen MR) is 68.0 cm³/mol. The quantitative estimate of drug-likeness (QED) is 0.824. The Morgan fingerprint density at radius 2 is 2.24 bits per heavy atom. The number of methoxy groups -OCH3 is 1. The Bertz CT molecular complexity index is 315. The van der Waals surface area contributed by atoms with Gasteiger partial charge >= 0.3 is 0 Å². The molecule has 2 rings (SSSR count). The summed E-state index contributed by atoms with van der Waals surface area (Å²) < 4.78 is 11.4. The van der Waals surface area contributed by atoms with Crippen molar-refractivity contribution in [2.24, 2.45) is 0 Å². The highest BCUT2D eigenvalue weighted by Gasteiger charge is 2.43. The Kier molecular flexibility index (Phi) is 4.24. The van der Waals surface area contributed by atoms with Crippen molar-refractivity contribution in [1.82, 2.24) is 5.32 Å². The van der Waals surface area contributed by atoms with Crippen molar-refractivity contribution in [2.45, 2.75) is 50.7 Å². The number of ether oxygens (including phenoxy) is 1. The Labute approximate surface area is 104 Å². The molecule has 0 saturated heterocycles. The summed E-state index contributed by atoms with van der Waals surface area (Å²) in [5, 5.41) is 3.59. The van der Waals surface area contributed by atoms with Gasteiger partial charge in [0, 0.05) is 7.11 Å². The van der Waals surface area contributed by atoms with Crippen LogP contribution in [0.25, 0.3) is 0 Å². The van der Waals surface area contributed by atoms with Gasteiger partial charge in [-0.05, 0) is 37.9 Å². The maximum absolute atomic E-state index is 5.86. The second-order valence-electron chi connectivity index (χ2n) is 4.88. The van der Waals surface area contributed by atoms with E-state index >= 15 is 0 Å². The van der Waals surface area contributed by atoms with E-state index in [1.54, 1.807) is 6.26 Å². The molecule has 0 amide bonds. The van der Waals surface area contributed by atoms with Gasteiger partial charge in [-0.25, -0.2) is 0 Å². The fraction of sp³-hybridized carbons (Fsp3) is 0.714. The van der Waals surface area contributed by atoms with Crippen molar-refractivity contribution >= 4 is 0 Å². The van der Waals surface area contributed by atoms with Crippen LogP contribution in [0.2, 0.25) is 0 Å². The highest BCUT2D eigenvalue weighted by Crippen LogP contribution is 2.42. The molecule has 3 heteroatoms. The molecule has 17 heavy (non-hydrogen) atoms. The summed E-state index contributed by atoms with van der Waals surface area (Å²) in [5.74, 6) is 1.00. The molecule has 1 heterocycles. The van der Waals surface area contributed by atoms with Gasteiger partial charge in [-0.1, -0.05) is 19.8 Å². The first-order valence-electron chi connectivity index (χ1n) is 6.64. The minimum Gasteiger partial charge on any atom is -0.468 e. The van der Waals surface area contributed by atoms with Crippen molar-refractivity contribution in [3.05, 3.63) is 24.2 Å². The van der Waals surface area contributed by atoms with Crippen LogP contribution in [0.1, 0.15) is 50.8 Å². The second kappa shape index (κ2) is 5.69. The minimum atomic E-state index is -0.0764. The van der Waals surface area contributed by atoms with E-state index in [0.29, 0.717) is 0 Å². The lowest BCUT2D eigenvalue weighted by Gasteiger charge is -2.35. The largest absolute Gasteiger partial charge is 0.468 e. The van der Waals surface area contributed by atoms with Crippen LogP contribution in [0.4, 0.5) is 0 Å². The number of furan rings is 1. The first kappa shape index (κ1) is 12.7. The topological polar surface area (TPSA) is 34.4 Å². The first-order chi connectivity index (χ1) is 8.32. The lowest BCUT2D eigenvalue weighted by atomic mass is 9.90. The van der Waals surface area contributed by atoms with Gasteiger partial charge in [0.05, 0.1) is 17.9 Å². The molecule has 0 aromatic carbocycles. The van der Waals surface area contributed by atoms with E-state index in [1.165, 1.54) is 12.8 Å². The molecule has 0 spiro atoms. The fourth-order valence-electron chi connectivity index (χ4n) is 2.87. The average Bonchev–Trinajstić information content (AvgIpc) is 3.01. The summed E-state index contributed by atoms with van der Waals surface area (Å²) in [4.78, 5) is 0. The van der Waals surface area contributed by atoms with Crippen LogP contribution in [0.5, 0.6) is 0 Å². The summed E-state index contributed by atoms with van der Waals surface area (Å²) in [6.07, 6.45) is 7.60. The Morgan fingerprint density at radius 3 is 2.76 bits per heavy atom. The third-order valence-electron chi connectivity index (χ3n) is 3.81. The van der Waals surface area contributed by atoms with Crippen molar-refractivity contribution in [1.29, 1.82) is 0 Å². The van der Waals surface area contributed by atoms with Gasteiger partial charge in [0.15, 0.2) is 0 Å². The van der Waals surface area contributed by atoms with Crippen LogP contribution in [-0.2, 0) is 4.74 Å². The number of nitrogens with one attached hydrogen (secondary N) is 1. The summed E-state index contributed by atoms with van der Waals surface area (Å²) in [6.45, 7) is 3.18. The van der Waals surface area contributed by atoms with Crippen LogP contribution < -0.4 is 5.32 Å². The van der Waals surface area contributed by atoms with E-state index in [4.69, 9.17) is 9.15 Å². The standard InChI is InChI=1S/C14H23NO2/c1-3-10-15-13(12-7-6-11-17-12)14(16-2)8-4-5-9-14/h6-7,11,13,15H,3-5,8-10H2,1-2H3. The average molecular weight is 237 g/mol. The van der Waals surface area contributed by atoms with Crippen molar-refractivity contribution in [3.63, 3.8) is 0 Å². The molecular weight excluding hydrogens is 214 g/mol. The molecule has 96 valence electrons. The fourth-order valence-corrected chi connectivity index (χ4v) is 2.87. The zero-order valence-electron chi connectivity index (χ0n) is 10.9. The van der Waals surface area contributed by atoms with Gasteiger partial charge in [-0.3, -0.25) is 0 Å². The third-order valence-corrected chi connectivity index (χ3v) is 3.81. The van der Waals surface area contributed by atoms with Crippen molar-refractivity contribution in [3.8, 4) is 0 Å². The van der Waals surface area contributed by atoms with Crippen LogP contribution in [0, 0.1) is 0 Å². The van der Waals surface area contributed by atoms with Crippen LogP contribution in [-0.4, -0.2) is 19.3 Å². The highest BCUT2D eigenvalue weighted by molar-refractivity contribution is 5.12. The van der Waals surface area contributed by atoms with Crippen molar-refractivity contribution in [2.75, 3.05) is 13.7 Å². The predicted octanol–water partition coefficient (Wildman–Crippen LogP) is 3.28. The first-order valence-corrected chi connectivity index (χ1v) is 6.64. The molecule has 1 fully saturated rings. The van der Waals surface area contributed by atoms with Crippen LogP contribution in [0.3, 0.4) is 0 Å². The van der Waals surface area contributed by atoms with E-state index in [1.807, 2.05) is 19.2 Å². The molecule has 1 aromatic heterocycles. The second-order valence-corrected chi connectivity index (χ2v) is 4.88. The summed E-state index contributed by atoms with van der Waals surface area (Å²) in [6, 6.07) is 4.19. The number of hydrogen-bond acceptors (Lipinski definition) is 3. The normalized spacial score (nSPS) is 20.6. The molecule has 1 aliphatic rings. The Hall–Kier alpha value is -0.800. The van der Waals surface area contributed by atoms with E-state index in [9.17, 15) is 0 Å². The molecule has 0 aliphatic heterocycles. The molecule has 1 aliphatic carbocycles. The molecule has 0 bridgehead atoms. The van der Waals surface area contributed by atoms with Gasteiger partial charge in [-0.15, -0.1) is 0 Å². The summed E-state index contributed by atoms with van der Waals surface area (Å²) in [5.41, 5.74) is -0.0764. The zero-order chi connectivity index (χ0) is 12.1. The van der Waals surface area contributed by atoms with Gasteiger partial charge in [0.1, 0.15) is 5.76 Å². The molecule has 0 radical (unpaired) electrons. The zero-order valence-corrected chi connectivity index (χ0v) is 10.9. The van der Waals surface area contributed by atoms with Crippen molar-refractivity contribution < 1.29 is 9.15 Å². The van der Waals surface area contributed by atoms with Crippen LogP contribution in [0.15, 0.2) is 22.8 Å². The van der Waals surface area contributed by atoms with E-state index < -0.39 is 0 Å². The third kappa shape index (κ3) is 2.55. The van der Waals surface area contributed by atoms with E-state index in [0.717, 1.165) is 31.6 Å². The summed E-state index contributed by atoms with van der Waals surface area (Å²) >= 11 is 0. The van der Waals surface area contributed by atoms with Gasteiger partial charge in [0.25, 0.3) is 0 Å². The molecule has 1 unspecified atom stereocenters. The smallest absolute Gasteiger partial charge is 0.123 e. The minimum absolute atomic E-state index is 0.0764. The molecule has 1 saturated carbocycles. The molecule has 1 atom stereocenters. The van der Waals surface area contributed by atoms with E-state index in [2.05, 4.69) is 12.2 Å². The van der Waals surface area contributed by atoms with Gasteiger partial charge in [0.2, 0.25) is 0 Å². The van der Waals surface area contributed by atoms with E-state index in [-0.39, 0.29) is 11.6 Å². The molecule has 3 nitrogen and oxygen atoms in total. The highest BCUT2D eigenvalue weighted by atomic mass is 16.5. The SMILES string of the molecule is CCCNC(c1ccco1)C1(OC)CCCC1. The van der Waals surface area contributed by atoms with Gasteiger partial charge in [-0.2, -0.15) is 0 Å². The lowest BCUT2D eigenvalue weighted by molar-refractivity contribution is -0.0420. The monoisotopic (exact) mass is 237 g/mol. The molecular formula is C14H23NO2. The summed E-state index contributed by atoms with van der Waals surface area (Å²) in [7, 11) is 1.83. The number of hydrogen-bond donors (Lipinski definition) is 1. The Morgan fingerprint density at radius 1 is 1.47 bits per heavy atom.